The fourth-order valence-electron chi connectivity index (χ4n) is 1.05. The summed E-state index contributed by atoms with van der Waals surface area (Å²) in [5.74, 6) is 0. The molecule has 0 fully saturated rings. The van der Waals surface area contributed by atoms with Crippen LogP contribution in [-0.2, 0) is 7.05 Å². The van der Waals surface area contributed by atoms with Crippen molar-refractivity contribution >= 4 is 5.57 Å². The smallest absolute Gasteiger partial charge is 0.0564 e. The van der Waals surface area contributed by atoms with Crippen molar-refractivity contribution in [1.29, 1.82) is 0 Å². The van der Waals surface area contributed by atoms with Crippen LogP contribution >= 0.6 is 0 Å². The van der Waals surface area contributed by atoms with Crippen LogP contribution in [0, 0.1) is 0 Å². The average Bonchev–Trinajstić information content (AvgIpc) is 2.36. The van der Waals surface area contributed by atoms with E-state index in [1.807, 2.05) is 24.1 Å². The first-order valence-corrected chi connectivity index (χ1v) is 3.89. The van der Waals surface area contributed by atoms with E-state index in [1.54, 1.807) is 0 Å². The summed E-state index contributed by atoms with van der Waals surface area (Å²) in [5.41, 5.74) is 2.52. The van der Waals surface area contributed by atoms with Crippen molar-refractivity contribution in [2.24, 2.45) is 7.05 Å². The van der Waals surface area contributed by atoms with Gasteiger partial charge in [0, 0.05) is 18.8 Å². The van der Waals surface area contributed by atoms with Crippen molar-refractivity contribution in [1.82, 2.24) is 9.78 Å². The molecule has 0 N–H and O–H groups in total. The summed E-state index contributed by atoms with van der Waals surface area (Å²) in [6.07, 6.45) is 7.21. The maximum atomic E-state index is 4.10. The third kappa shape index (κ3) is 1.93. The molecule has 0 saturated carbocycles. The summed E-state index contributed by atoms with van der Waals surface area (Å²) in [6.45, 7) is 4.25. The van der Waals surface area contributed by atoms with Gasteiger partial charge in [-0.1, -0.05) is 13.0 Å². The van der Waals surface area contributed by atoms with E-state index in [9.17, 15) is 0 Å². The SMILES string of the molecule is CCC=C(C)c1cnn(C)c1. The first-order valence-electron chi connectivity index (χ1n) is 3.89. The molecule has 0 aliphatic rings. The van der Waals surface area contributed by atoms with Gasteiger partial charge in [0.15, 0.2) is 0 Å². The second kappa shape index (κ2) is 3.37. The number of rotatable bonds is 2. The molecule has 0 aliphatic heterocycles. The van der Waals surface area contributed by atoms with Gasteiger partial charge in [-0.3, -0.25) is 4.68 Å². The lowest BCUT2D eigenvalue weighted by atomic mass is 10.1. The lowest BCUT2D eigenvalue weighted by Gasteiger charge is -1.92. The highest BCUT2D eigenvalue weighted by Gasteiger charge is 1.95. The standard InChI is InChI=1S/C9H14N2/c1-4-5-8(2)9-6-10-11(3)7-9/h5-7H,4H2,1-3H3. The normalized spacial score (nSPS) is 12.1. The van der Waals surface area contributed by atoms with Crippen LogP contribution in [0.2, 0.25) is 0 Å². The highest BCUT2D eigenvalue weighted by Crippen LogP contribution is 2.11. The monoisotopic (exact) mass is 150 g/mol. The van der Waals surface area contributed by atoms with E-state index in [-0.39, 0.29) is 0 Å². The third-order valence-electron chi connectivity index (χ3n) is 1.67. The van der Waals surface area contributed by atoms with Gasteiger partial charge in [0.05, 0.1) is 6.20 Å². The van der Waals surface area contributed by atoms with Crippen LogP contribution in [0.15, 0.2) is 18.5 Å². The zero-order chi connectivity index (χ0) is 8.27. The molecule has 0 atom stereocenters. The van der Waals surface area contributed by atoms with Crippen LogP contribution in [-0.4, -0.2) is 9.78 Å². The molecule has 0 amide bonds. The fourth-order valence-corrected chi connectivity index (χ4v) is 1.05. The maximum Gasteiger partial charge on any atom is 0.0564 e. The Balaban J connectivity index is 2.84. The van der Waals surface area contributed by atoms with E-state index < -0.39 is 0 Å². The molecule has 0 unspecified atom stereocenters. The lowest BCUT2D eigenvalue weighted by molar-refractivity contribution is 0.767. The minimum absolute atomic E-state index is 1.08. The quantitative estimate of drug-likeness (QED) is 0.632. The molecule has 0 saturated heterocycles. The van der Waals surface area contributed by atoms with Gasteiger partial charge < -0.3 is 0 Å². The molecule has 2 heteroatoms. The van der Waals surface area contributed by atoms with Crippen molar-refractivity contribution in [3.63, 3.8) is 0 Å². The number of nitrogens with zero attached hydrogens (tertiary/aromatic N) is 2. The molecule has 2 nitrogen and oxygen atoms in total. The summed E-state index contributed by atoms with van der Waals surface area (Å²) < 4.78 is 1.82. The molecule has 0 aliphatic carbocycles. The molecule has 0 radical (unpaired) electrons. The van der Waals surface area contributed by atoms with Crippen LogP contribution < -0.4 is 0 Å². The van der Waals surface area contributed by atoms with Crippen LogP contribution in [0.5, 0.6) is 0 Å². The van der Waals surface area contributed by atoms with Gasteiger partial charge in [-0.15, -0.1) is 0 Å². The minimum atomic E-state index is 1.08. The van der Waals surface area contributed by atoms with Gasteiger partial charge in [-0.25, -0.2) is 0 Å². The lowest BCUT2D eigenvalue weighted by Crippen LogP contribution is -1.84. The number of aryl methyl sites for hydroxylation is 1. The summed E-state index contributed by atoms with van der Waals surface area (Å²) in [5, 5.41) is 4.10. The largest absolute Gasteiger partial charge is 0.275 e. The fraction of sp³-hybridized carbons (Fsp3) is 0.444. The second-order valence-corrected chi connectivity index (χ2v) is 2.70. The molecule has 60 valence electrons. The van der Waals surface area contributed by atoms with E-state index >= 15 is 0 Å². The third-order valence-corrected chi connectivity index (χ3v) is 1.67. The molecule has 11 heavy (non-hydrogen) atoms. The van der Waals surface area contributed by atoms with E-state index in [1.165, 1.54) is 11.1 Å². The number of hydrogen-bond donors (Lipinski definition) is 0. The van der Waals surface area contributed by atoms with E-state index in [2.05, 4.69) is 25.0 Å². The van der Waals surface area contributed by atoms with Gasteiger partial charge in [-0.2, -0.15) is 5.10 Å². The summed E-state index contributed by atoms with van der Waals surface area (Å²) in [4.78, 5) is 0. The molecule has 0 bridgehead atoms. The van der Waals surface area contributed by atoms with Crippen molar-refractivity contribution in [2.45, 2.75) is 20.3 Å². The van der Waals surface area contributed by atoms with Crippen LogP contribution in [0.1, 0.15) is 25.8 Å². The molecule has 0 spiro atoms. The summed E-state index contributed by atoms with van der Waals surface area (Å²) in [6, 6.07) is 0. The average molecular weight is 150 g/mol. The molecule has 1 aromatic heterocycles. The van der Waals surface area contributed by atoms with Gasteiger partial charge in [0.2, 0.25) is 0 Å². The van der Waals surface area contributed by atoms with Crippen LogP contribution in [0.4, 0.5) is 0 Å². The van der Waals surface area contributed by atoms with Gasteiger partial charge >= 0.3 is 0 Å². The highest BCUT2D eigenvalue weighted by atomic mass is 15.2. The maximum absolute atomic E-state index is 4.10. The van der Waals surface area contributed by atoms with E-state index in [0.717, 1.165) is 6.42 Å². The summed E-state index contributed by atoms with van der Waals surface area (Å²) in [7, 11) is 1.93. The first-order chi connectivity index (χ1) is 5.24. The zero-order valence-electron chi connectivity index (χ0n) is 7.33. The predicted molar refractivity (Wildman–Crippen MR) is 47.2 cm³/mol. The topological polar surface area (TPSA) is 17.8 Å². The summed E-state index contributed by atoms with van der Waals surface area (Å²) >= 11 is 0. The zero-order valence-corrected chi connectivity index (χ0v) is 7.33. The van der Waals surface area contributed by atoms with Crippen LogP contribution in [0.25, 0.3) is 5.57 Å². The van der Waals surface area contributed by atoms with Crippen molar-refractivity contribution < 1.29 is 0 Å². The molecule has 1 heterocycles. The molecular weight excluding hydrogens is 136 g/mol. The second-order valence-electron chi connectivity index (χ2n) is 2.70. The Morgan fingerprint density at radius 2 is 2.45 bits per heavy atom. The van der Waals surface area contributed by atoms with Gasteiger partial charge in [0.1, 0.15) is 0 Å². The molecule has 0 aromatic carbocycles. The predicted octanol–water partition coefficient (Wildman–Crippen LogP) is 2.23. The van der Waals surface area contributed by atoms with Crippen LogP contribution in [0.3, 0.4) is 0 Å². The van der Waals surface area contributed by atoms with Gasteiger partial charge in [0.25, 0.3) is 0 Å². The van der Waals surface area contributed by atoms with Crippen molar-refractivity contribution in [3.05, 3.63) is 24.0 Å². The number of aromatic nitrogens is 2. The van der Waals surface area contributed by atoms with Crippen molar-refractivity contribution in [2.75, 3.05) is 0 Å². The van der Waals surface area contributed by atoms with Gasteiger partial charge in [-0.05, 0) is 18.9 Å². The minimum Gasteiger partial charge on any atom is -0.275 e. The van der Waals surface area contributed by atoms with E-state index in [0.29, 0.717) is 0 Å². The first kappa shape index (κ1) is 8.05. The Morgan fingerprint density at radius 3 is 2.91 bits per heavy atom. The Hall–Kier alpha value is -1.05. The molecule has 1 rings (SSSR count). The highest BCUT2D eigenvalue weighted by molar-refractivity contribution is 5.62. The Labute approximate surface area is 67.5 Å². The molecular formula is C9H14N2. The Kier molecular flexibility index (Phi) is 2.47. The number of allylic oxidation sites excluding steroid dienone is 2. The van der Waals surface area contributed by atoms with Crippen molar-refractivity contribution in [3.8, 4) is 0 Å². The Morgan fingerprint density at radius 1 is 1.73 bits per heavy atom. The number of hydrogen-bond acceptors (Lipinski definition) is 1. The Bertz CT molecular complexity index is 258. The van der Waals surface area contributed by atoms with E-state index in [4.69, 9.17) is 0 Å². The molecule has 1 aromatic rings.